The van der Waals surface area contributed by atoms with Crippen molar-refractivity contribution in [2.45, 2.75) is 37.8 Å². The molecule has 4 heteroatoms. The molecule has 2 N–H and O–H groups in total. The van der Waals surface area contributed by atoms with Crippen molar-refractivity contribution < 1.29 is 9.84 Å². The highest BCUT2D eigenvalue weighted by Crippen LogP contribution is 2.17. The molecule has 0 spiro atoms. The van der Waals surface area contributed by atoms with Crippen LogP contribution >= 0.6 is 0 Å². The highest BCUT2D eigenvalue weighted by atomic mass is 16.5. The zero-order valence-corrected chi connectivity index (χ0v) is 10.6. The van der Waals surface area contributed by atoms with E-state index in [1.54, 1.807) is 7.11 Å². The van der Waals surface area contributed by atoms with Crippen LogP contribution in [0.25, 0.3) is 0 Å². The lowest BCUT2D eigenvalue weighted by Gasteiger charge is -2.29. The molecular weight excluding hydrogens is 204 g/mol. The zero-order valence-electron chi connectivity index (χ0n) is 10.6. The molecule has 2 unspecified atom stereocenters. The maximum Gasteiger partial charge on any atom is 0.0693 e. The lowest BCUT2D eigenvalue weighted by Crippen LogP contribution is -2.44. The van der Waals surface area contributed by atoms with Gasteiger partial charge in [0.05, 0.1) is 12.7 Å². The Bertz CT molecular complexity index is 178. The fourth-order valence-electron chi connectivity index (χ4n) is 2.15. The van der Waals surface area contributed by atoms with E-state index >= 15 is 0 Å². The van der Waals surface area contributed by atoms with E-state index in [1.165, 1.54) is 12.8 Å². The lowest BCUT2D eigenvalue weighted by atomic mass is 9.93. The van der Waals surface area contributed by atoms with E-state index < -0.39 is 0 Å². The maximum absolute atomic E-state index is 9.78. The standard InChI is InChI=1S/C12H26N2O2/c1-14(9-10-16-2)8-7-13-11-5-3-4-6-12(11)15/h11-13,15H,3-10H2,1-2H3. The number of nitrogens with one attached hydrogen (secondary N) is 1. The molecule has 16 heavy (non-hydrogen) atoms. The first-order chi connectivity index (χ1) is 7.74. The second-order valence-corrected chi connectivity index (χ2v) is 4.71. The van der Waals surface area contributed by atoms with Gasteiger partial charge in [-0.25, -0.2) is 0 Å². The molecule has 1 saturated carbocycles. The van der Waals surface area contributed by atoms with Crippen LogP contribution in [-0.2, 0) is 4.74 Å². The van der Waals surface area contributed by atoms with Gasteiger partial charge in [-0.05, 0) is 19.9 Å². The number of methoxy groups -OCH3 is 1. The number of aliphatic hydroxyl groups excluding tert-OH is 1. The Kier molecular flexibility index (Phi) is 6.96. The number of aliphatic hydroxyl groups is 1. The Morgan fingerprint density at radius 3 is 2.75 bits per heavy atom. The summed E-state index contributed by atoms with van der Waals surface area (Å²) < 4.78 is 5.02. The topological polar surface area (TPSA) is 44.7 Å². The number of hydrogen-bond donors (Lipinski definition) is 2. The minimum atomic E-state index is -0.141. The number of hydrogen-bond acceptors (Lipinski definition) is 4. The fourth-order valence-corrected chi connectivity index (χ4v) is 2.15. The van der Waals surface area contributed by atoms with E-state index in [9.17, 15) is 5.11 Å². The van der Waals surface area contributed by atoms with Crippen molar-refractivity contribution in [2.24, 2.45) is 0 Å². The summed E-state index contributed by atoms with van der Waals surface area (Å²) in [6.07, 6.45) is 4.35. The van der Waals surface area contributed by atoms with Crippen molar-refractivity contribution in [2.75, 3.05) is 40.4 Å². The molecular formula is C12H26N2O2. The Balaban J connectivity index is 2.05. The molecule has 0 radical (unpaired) electrons. The highest BCUT2D eigenvalue weighted by Gasteiger charge is 2.21. The first-order valence-electron chi connectivity index (χ1n) is 6.33. The molecule has 1 fully saturated rings. The van der Waals surface area contributed by atoms with Crippen molar-refractivity contribution in [3.05, 3.63) is 0 Å². The molecule has 0 bridgehead atoms. The summed E-state index contributed by atoms with van der Waals surface area (Å²) in [5.74, 6) is 0. The van der Waals surface area contributed by atoms with E-state index in [-0.39, 0.29) is 6.10 Å². The monoisotopic (exact) mass is 230 g/mol. The molecule has 0 aliphatic heterocycles. The normalized spacial score (nSPS) is 26.2. The molecule has 0 amide bonds. The van der Waals surface area contributed by atoms with E-state index in [4.69, 9.17) is 4.74 Å². The van der Waals surface area contributed by atoms with Crippen LogP contribution in [0.5, 0.6) is 0 Å². The van der Waals surface area contributed by atoms with Crippen molar-refractivity contribution in [3.8, 4) is 0 Å². The van der Waals surface area contributed by atoms with Crippen LogP contribution in [0.15, 0.2) is 0 Å². The summed E-state index contributed by atoms with van der Waals surface area (Å²) in [7, 11) is 3.82. The van der Waals surface area contributed by atoms with Gasteiger partial charge in [0.1, 0.15) is 0 Å². The first kappa shape index (κ1) is 13.9. The van der Waals surface area contributed by atoms with E-state index in [0.29, 0.717) is 6.04 Å². The van der Waals surface area contributed by atoms with Crippen LogP contribution in [0, 0.1) is 0 Å². The van der Waals surface area contributed by atoms with E-state index in [2.05, 4.69) is 17.3 Å². The smallest absolute Gasteiger partial charge is 0.0693 e. The summed E-state index contributed by atoms with van der Waals surface area (Å²) in [5, 5.41) is 13.2. The van der Waals surface area contributed by atoms with Gasteiger partial charge in [0.15, 0.2) is 0 Å². The summed E-state index contributed by atoms with van der Waals surface area (Å²) in [6.45, 7) is 3.70. The number of nitrogens with zero attached hydrogens (tertiary/aromatic N) is 1. The number of likely N-dealkylation sites (N-methyl/N-ethyl adjacent to an activating group) is 1. The Labute approximate surface area is 99.0 Å². The molecule has 0 saturated heterocycles. The van der Waals surface area contributed by atoms with Crippen molar-refractivity contribution in [3.63, 3.8) is 0 Å². The summed E-state index contributed by atoms with van der Waals surface area (Å²) >= 11 is 0. The third kappa shape index (κ3) is 5.25. The van der Waals surface area contributed by atoms with Gasteiger partial charge in [-0.3, -0.25) is 0 Å². The Hall–Kier alpha value is -0.160. The van der Waals surface area contributed by atoms with Gasteiger partial charge < -0.3 is 20.1 Å². The Morgan fingerprint density at radius 2 is 2.06 bits per heavy atom. The van der Waals surface area contributed by atoms with Crippen LogP contribution < -0.4 is 5.32 Å². The van der Waals surface area contributed by atoms with Crippen LogP contribution in [0.2, 0.25) is 0 Å². The molecule has 96 valence electrons. The molecule has 0 aromatic carbocycles. The molecule has 0 heterocycles. The number of ether oxygens (including phenoxy) is 1. The second-order valence-electron chi connectivity index (χ2n) is 4.71. The minimum Gasteiger partial charge on any atom is -0.392 e. The minimum absolute atomic E-state index is 0.141. The maximum atomic E-state index is 9.78. The first-order valence-corrected chi connectivity index (χ1v) is 6.33. The van der Waals surface area contributed by atoms with Crippen molar-refractivity contribution in [1.82, 2.24) is 10.2 Å². The average Bonchev–Trinajstić information content (AvgIpc) is 2.29. The SMILES string of the molecule is COCCN(C)CCNC1CCCCC1O. The van der Waals surface area contributed by atoms with E-state index in [0.717, 1.165) is 39.1 Å². The quantitative estimate of drug-likeness (QED) is 0.667. The summed E-state index contributed by atoms with van der Waals surface area (Å²) in [6, 6.07) is 0.310. The van der Waals surface area contributed by atoms with Gasteiger partial charge in [0, 0.05) is 32.8 Å². The highest BCUT2D eigenvalue weighted by molar-refractivity contribution is 4.80. The van der Waals surface area contributed by atoms with Crippen molar-refractivity contribution in [1.29, 1.82) is 0 Å². The van der Waals surface area contributed by atoms with Gasteiger partial charge in [0.2, 0.25) is 0 Å². The molecule has 0 aromatic rings. The fraction of sp³-hybridized carbons (Fsp3) is 1.00. The molecule has 1 aliphatic carbocycles. The van der Waals surface area contributed by atoms with Crippen LogP contribution in [-0.4, -0.2) is 62.6 Å². The third-order valence-corrected chi connectivity index (χ3v) is 3.31. The van der Waals surface area contributed by atoms with Crippen LogP contribution in [0.3, 0.4) is 0 Å². The lowest BCUT2D eigenvalue weighted by molar-refractivity contribution is 0.0889. The van der Waals surface area contributed by atoms with Crippen LogP contribution in [0.4, 0.5) is 0 Å². The van der Waals surface area contributed by atoms with E-state index in [1.807, 2.05) is 0 Å². The largest absolute Gasteiger partial charge is 0.392 e. The predicted octanol–water partition coefficient (Wildman–Crippen LogP) is 0.458. The molecule has 1 aliphatic rings. The molecule has 0 aromatic heterocycles. The van der Waals surface area contributed by atoms with Gasteiger partial charge in [0.25, 0.3) is 0 Å². The Morgan fingerprint density at radius 1 is 1.31 bits per heavy atom. The second kappa shape index (κ2) is 8.01. The van der Waals surface area contributed by atoms with Gasteiger partial charge in [-0.1, -0.05) is 12.8 Å². The molecule has 4 nitrogen and oxygen atoms in total. The van der Waals surface area contributed by atoms with Gasteiger partial charge in [-0.15, -0.1) is 0 Å². The summed E-state index contributed by atoms with van der Waals surface area (Å²) in [5.41, 5.74) is 0. The van der Waals surface area contributed by atoms with Gasteiger partial charge in [-0.2, -0.15) is 0 Å². The molecule has 1 rings (SSSR count). The number of rotatable bonds is 7. The van der Waals surface area contributed by atoms with Crippen molar-refractivity contribution >= 4 is 0 Å². The van der Waals surface area contributed by atoms with Gasteiger partial charge >= 0.3 is 0 Å². The zero-order chi connectivity index (χ0) is 11.8. The van der Waals surface area contributed by atoms with Crippen LogP contribution in [0.1, 0.15) is 25.7 Å². The third-order valence-electron chi connectivity index (χ3n) is 3.31. The predicted molar refractivity (Wildman–Crippen MR) is 65.6 cm³/mol. The molecule has 2 atom stereocenters. The summed E-state index contributed by atoms with van der Waals surface area (Å²) in [4.78, 5) is 2.24. The average molecular weight is 230 g/mol.